The maximum Gasteiger partial charge on any atom is 0.324 e. The normalized spacial score (nSPS) is 10.2. The standard InChI is InChI=1S/C15H22O5/c1-5-10-15(13(16)19-6-2,14(17)20-7-3)11-8-9-12-18-4/h5H,1,6-7,10-12H2,2-4H3. The molecule has 0 bridgehead atoms. The van der Waals surface area contributed by atoms with Gasteiger partial charge >= 0.3 is 11.9 Å². The zero-order chi connectivity index (χ0) is 15.4. The summed E-state index contributed by atoms with van der Waals surface area (Å²) < 4.78 is 14.8. The number of rotatable bonds is 8. The van der Waals surface area contributed by atoms with Gasteiger partial charge in [0.1, 0.15) is 6.61 Å². The molecule has 0 amide bonds. The fraction of sp³-hybridized carbons (Fsp3) is 0.600. The van der Waals surface area contributed by atoms with Crippen molar-refractivity contribution in [2.45, 2.75) is 26.7 Å². The number of carbonyl (C=O) groups excluding carboxylic acids is 2. The molecule has 0 aromatic rings. The Balaban J connectivity index is 5.32. The summed E-state index contributed by atoms with van der Waals surface area (Å²) >= 11 is 0. The van der Waals surface area contributed by atoms with Crippen LogP contribution in [-0.4, -0.2) is 38.9 Å². The molecule has 0 heterocycles. The number of ether oxygens (including phenoxy) is 3. The van der Waals surface area contributed by atoms with E-state index in [2.05, 4.69) is 18.4 Å². The molecule has 0 rings (SSSR count). The lowest BCUT2D eigenvalue weighted by Crippen LogP contribution is -2.41. The van der Waals surface area contributed by atoms with Gasteiger partial charge in [-0.15, -0.1) is 6.58 Å². The quantitative estimate of drug-likeness (QED) is 0.293. The molecule has 0 saturated heterocycles. The summed E-state index contributed by atoms with van der Waals surface area (Å²) in [5.74, 6) is 4.22. The Hall–Kier alpha value is -1.80. The van der Waals surface area contributed by atoms with Gasteiger partial charge in [0.25, 0.3) is 0 Å². The number of carbonyl (C=O) groups is 2. The molecule has 0 unspecified atom stereocenters. The van der Waals surface area contributed by atoms with Gasteiger partial charge < -0.3 is 14.2 Å². The van der Waals surface area contributed by atoms with Gasteiger partial charge in [0, 0.05) is 13.5 Å². The zero-order valence-electron chi connectivity index (χ0n) is 12.4. The van der Waals surface area contributed by atoms with E-state index in [4.69, 9.17) is 14.2 Å². The van der Waals surface area contributed by atoms with E-state index in [1.165, 1.54) is 13.2 Å². The number of hydrogen-bond acceptors (Lipinski definition) is 5. The number of esters is 2. The number of methoxy groups -OCH3 is 1. The van der Waals surface area contributed by atoms with E-state index in [0.717, 1.165) is 0 Å². The third kappa shape index (κ3) is 5.06. The summed E-state index contributed by atoms with van der Waals surface area (Å²) in [6, 6.07) is 0. The van der Waals surface area contributed by atoms with Gasteiger partial charge in [-0.3, -0.25) is 9.59 Å². The summed E-state index contributed by atoms with van der Waals surface area (Å²) in [6.07, 6.45) is 1.62. The van der Waals surface area contributed by atoms with E-state index in [-0.39, 0.29) is 32.7 Å². The maximum absolute atomic E-state index is 12.2. The molecule has 0 aliphatic rings. The van der Waals surface area contributed by atoms with Crippen molar-refractivity contribution in [1.29, 1.82) is 0 Å². The van der Waals surface area contributed by atoms with Crippen molar-refractivity contribution in [2.75, 3.05) is 26.9 Å². The van der Waals surface area contributed by atoms with Crippen LogP contribution in [-0.2, 0) is 23.8 Å². The van der Waals surface area contributed by atoms with Gasteiger partial charge in [-0.2, -0.15) is 0 Å². The molecule has 20 heavy (non-hydrogen) atoms. The first-order valence-corrected chi connectivity index (χ1v) is 6.49. The van der Waals surface area contributed by atoms with Crippen LogP contribution >= 0.6 is 0 Å². The molecular formula is C15H22O5. The van der Waals surface area contributed by atoms with Crippen molar-refractivity contribution < 1.29 is 23.8 Å². The molecule has 0 aliphatic heterocycles. The van der Waals surface area contributed by atoms with E-state index < -0.39 is 17.4 Å². The van der Waals surface area contributed by atoms with Crippen molar-refractivity contribution >= 4 is 11.9 Å². The van der Waals surface area contributed by atoms with E-state index in [0.29, 0.717) is 0 Å². The molecule has 0 spiro atoms. The molecule has 0 atom stereocenters. The predicted octanol–water partition coefficient (Wildman–Crippen LogP) is 1.72. The molecule has 0 fully saturated rings. The Bertz CT molecular complexity index is 371. The summed E-state index contributed by atoms with van der Waals surface area (Å²) in [7, 11) is 1.52. The van der Waals surface area contributed by atoms with Crippen LogP contribution in [0.5, 0.6) is 0 Å². The Morgan fingerprint density at radius 2 is 1.70 bits per heavy atom. The minimum Gasteiger partial charge on any atom is -0.465 e. The fourth-order valence-electron chi connectivity index (χ4n) is 1.59. The van der Waals surface area contributed by atoms with Gasteiger partial charge in [-0.1, -0.05) is 17.9 Å². The summed E-state index contributed by atoms with van der Waals surface area (Å²) in [4.78, 5) is 24.3. The van der Waals surface area contributed by atoms with Gasteiger partial charge in [0.15, 0.2) is 5.41 Å². The summed E-state index contributed by atoms with van der Waals surface area (Å²) in [6.45, 7) is 7.54. The first kappa shape index (κ1) is 18.2. The minimum atomic E-state index is -1.45. The lowest BCUT2D eigenvalue weighted by Gasteiger charge is -2.26. The molecule has 0 N–H and O–H groups in total. The average molecular weight is 282 g/mol. The summed E-state index contributed by atoms with van der Waals surface area (Å²) in [5.41, 5.74) is -1.45. The van der Waals surface area contributed by atoms with Crippen LogP contribution < -0.4 is 0 Å². The molecule has 0 aromatic carbocycles. The highest BCUT2D eigenvalue weighted by molar-refractivity contribution is 6.00. The second kappa shape index (κ2) is 10.0. The van der Waals surface area contributed by atoms with Crippen molar-refractivity contribution in [3.05, 3.63) is 12.7 Å². The molecule has 0 radical (unpaired) electrons. The second-order valence-corrected chi connectivity index (χ2v) is 3.98. The van der Waals surface area contributed by atoms with Crippen LogP contribution in [0.2, 0.25) is 0 Å². The number of hydrogen-bond donors (Lipinski definition) is 0. The van der Waals surface area contributed by atoms with Crippen LogP contribution in [0, 0.1) is 17.3 Å². The third-order valence-corrected chi connectivity index (χ3v) is 2.56. The van der Waals surface area contributed by atoms with E-state index in [9.17, 15) is 9.59 Å². The van der Waals surface area contributed by atoms with Gasteiger partial charge in [-0.05, 0) is 20.3 Å². The first-order valence-electron chi connectivity index (χ1n) is 6.49. The smallest absolute Gasteiger partial charge is 0.324 e. The van der Waals surface area contributed by atoms with Crippen LogP contribution in [0.4, 0.5) is 0 Å². The Labute approximate surface area is 120 Å². The maximum atomic E-state index is 12.2. The Morgan fingerprint density at radius 3 is 2.10 bits per heavy atom. The minimum absolute atomic E-state index is 0.0139. The SMILES string of the molecule is C=CCC(CC#CCOC)(C(=O)OCC)C(=O)OCC. The van der Waals surface area contributed by atoms with Crippen molar-refractivity contribution in [3.8, 4) is 11.8 Å². The highest BCUT2D eigenvalue weighted by Gasteiger charge is 2.47. The van der Waals surface area contributed by atoms with Crippen molar-refractivity contribution in [2.24, 2.45) is 5.41 Å². The van der Waals surface area contributed by atoms with Crippen LogP contribution in [0.1, 0.15) is 26.7 Å². The van der Waals surface area contributed by atoms with E-state index in [1.807, 2.05) is 0 Å². The van der Waals surface area contributed by atoms with Gasteiger partial charge in [0.05, 0.1) is 13.2 Å². The fourth-order valence-corrected chi connectivity index (χ4v) is 1.59. The molecule has 5 heteroatoms. The largest absolute Gasteiger partial charge is 0.465 e. The monoisotopic (exact) mass is 282 g/mol. The van der Waals surface area contributed by atoms with Crippen LogP contribution in [0.3, 0.4) is 0 Å². The lowest BCUT2D eigenvalue weighted by atomic mass is 9.81. The van der Waals surface area contributed by atoms with Crippen LogP contribution in [0.25, 0.3) is 0 Å². The first-order chi connectivity index (χ1) is 9.58. The van der Waals surface area contributed by atoms with E-state index >= 15 is 0 Å². The van der Waals surface area contributed by atoms with Gasteiger partial charge in [-0.25, -0.2) is 0 Å². The third-order valence-electron chi connectivity index (χ3n) is 2.56. The van der Waals surface area contributed by atoms with E-state index in [1.54, 1.807) is 13.8 Å². The van der Waals surface area contributed by atoms with Crippen molar-refractivity contribution in [3.63, 3.8) is 0 Å². The average Bonchev–Trinajstić information content (AvgIpc) is 2.42. The molecule has 112 valence electrons. The van der Waals surface area contributed by atoms with Crippen LogP contribution in [0.15, 0.2) is 12.7 Å². The Kier molecular flexibility index (Phi) is 9.14. The lowest BCUT2D eigenvalue weighted by molar-refractivity contribution is -0.171. The highest BCUT2D eigenvalue weighted by Crippen LogP contribution is 2.30. The zero-order valence-corrected chi connectivity index (χ0v) is 12.4. The van der Waals surface area contributed by atoms with Crippen molar-refractivity contribution in [1.82, 2.24) is 0 Å². The molecule has 0 aliphatic carbocycles. The molecule has 5 nitrogen and oxygen atoms in total. The second-order valence-electron chi connectivity index (χ2n) is 3.98. The summed E-state index contributed by atoms with van der Waals surface area (Å²) in [5, 5.41) is 0. The van der Waals surface area contributed by atoms with Gasteiger partial charge in [0.2, 0.25) is 0 Å². The highest BCUT2D eigenvalue weighted by atomic mass is 16.6. The Morgan fingerprint density at radius 1 is 1.15 bits per heavy atom. The molecular weight excluding hydrogens is 260 g/mol. The molecule has 0 saturated carbocycles. The molecule has 0 aromatic heterocycles. The number of allylic oxidation sites excluding steroid dienone is 1. The predicted molar refractivity (Wildman–Crippen MR) is 74.8 cm³/mol. The topological polar surface area (TPSA) is 61.8 Å².